The molecule has 20 heavy (non-hydrogen) atoms. The van der Waals surface area contributed by atoms with Gasteiger partial charge in [0.05, 0.1) is 6.54 Å². The second-order valence-electron chi connectivity index (χ2n) is 5.89. The van der Waals surface area contributed by atoms with Crippen LogP contribution in [0.2, 0.25) is 0 Å². The van der Waals surface area contributed by atoms with Crippen molar-refractivity contribution in [2.75, 3.05) is 39.8 Å². The Hall–Kier alpha value is -1.23. The first-order chi connectivity index (χ1) is 9.72. The fourth-order valence-corrected chi connectivity index (χ4v) is 3.00. The van der Waals surface area contributed by atoms with E-state index in [1.54, 1.807) is 0 Å². The summed E-state index contributed by atoms with van der Waals surface area (Å²) in [5.41, 5.74) is 6.91. The van der Waals surface area contributed by atoms with E-state index in [-0.39, 0.29) is 5.78 Å². The number of hydrogen-bond donors (Lipinski definition) is 1. The third-order valence-electron chi connectivity index (χ3n) is 4.39. The molecular formula is C16H23N3O. The number of fused-ring (bicyclic) bond motifs is 1. The predicted octanol–water partition coefficient (Wildman–Crippen LogP) is 1.11. The molecule has 1 fully saturated rings. The number of carbonyl (C=O) groups is 1. The number of ketones is 1. The molecule has 0 radical (unpaired) electrons. The van der Waals surface area contributed by atoms with Crippen LogP contribution in [0.5, 0.6) is 0 Å². The predicted molar refractivity (Wildman–Crippen MR) is 79.9 cm³/mol. The maximum Gasteiger partial charge on any atom is 0.178 e. The molecular weight excluding hydrogens is 250 g/mol. The third kappa shape index (κ3) is 3.08. The smallest absolute Gasteiger partial charge is 0.178 e. The van der Waals surface area contributed by atoms with Crippen LogP contribution in [-0.4, -0.2) is 55.5 Å². The summed E-state index contributed by atoms with van der Waals surface area (Å²) in [5.74, 6) is 0.193. The number of piperazine rings is 1. The Balaban J connectivity index is 1.54. The molecule has 1 aromatic rings. The fourth-order valence-electron chi connectivity index (χ4n) is 3.00. The SMILES string of the molecule is CN1CCN(NCC(=O)c2ccc3c(c2)CCC3)CC1. The molecule has 1 aliphatic heterocycles. The number of rotatable bonds is 4. The summed E-state index contributed by atoms with van der Waals surface area (Å²) in [4.78, 5) is 14.6. The van der Waals surface area contributed by atoms with Crippen LogP contribution in [0.25, 0.3) is 0 Å². The van der Waals surface area contributed by atoms with Gasteiger partial charge in [-0.2, -0.15) is 0 Å². The largest absolute Gasteiger partial charge is 0.304 e. The monoisotopic (exact) mass is 273 g/mol. The van der Waals surface area contributed by atoms with Crippen molar-refractivity contribution in [1.82, 2.24) is 15.3 Å². The Bertz CT molecular complexity index is 492. The molecule has 0 unspecified atom stereocenters. The van der Waals surface area contributed by atoms with Gasteiger partial charge in [0.2, 0.25) is 0 Å². The molecule has 4 nitrogen and oxygen atoms in total. The van der Waals surface area contributed by atoms with Gasteiger partial charge in [0.25, 0.3) is 0 Å². The van der Waals surface area contributed by atoms with Gasteiger partial charge in [0.15, 0.2) is 5.78 Å². The van der Waals surface area contributed by atoms with Crippen LogP contribution in [0, 0.1) is 0 Å². The lowest BCUT2D eigenvalue weighted by Crippen LogP contribution is -2.51. The molecule has 0 bridgehead atoms. The zero-order valence-electron chi connectivity index (χ0n) is 12.2. The van der Waals surface area contributed by atoms with Crippen molar-refractivity contribution in [3.05, 3.63) is 34.9 Å². The van der Waals surface area contributed by atoms with Gasteiger partial charge in [-0.15, -0.1) is 0 Å². The Kier molecular flexibility index (Phi) is 4.15. The normalized spacial score (nSPS) is 20.1. The quantitative estimate of drug-likeness (QED) is 0.834. The van der Waals surface area contributed by atoms with E-state index in [1.165, 1.54) is 24.0 Å². The highest BCUT2D eigenvalue weighted by molar-refractivity contribution is 5.97. The molecule has 0 atom stereocenters. The van der Waals surface area contributed by atoms with Crippen molar-refractivity contribution in [2.24, 2.45) is 0 Å². The van der Waals surface area contributed by atoms with E-state index >= 15 is 0 Å². The molecule has 2 aliphatic rings. The number of hydrazine groups is 1. The Labute approximate surface area is 120 Å². The van der Waals surface area contributed by atoms with Crippen molar-refractivity contribution in [1.29, 1.82) is 0 Å². The van der Waals surface area contributed by atoms with Gasteiger partial charge in [0.1, 0.15) is 0 Å². The summed E-state index contributed by atoms with van der Waals surface area (Å²) < 4.78 is 0. The van der Waals surface area contributed by atoms with Crippen LogP contribution >= 0.6 is 0 Å². The van der Waals surface area contributed by atoms with E-state index in [0.717, 1.165) is 38.2 Å². The molecule has 0 aromatic heterocycles. The average Bonchev–Trinajstić information content (AvgIpc) is 2.93. The average molecular weight is 273 g/mol. The van der Waals surface area contributed by atoms with Gasteiger partial charge < -0.3 is 4.90 Å². The number of benzene rings is 1. The number of aryl methyl sites for hydroxylation is 2. The minimum atomic E-state index is 0.193. The second-order valence-corrected chi connectivity index (χ2v) is 5.89. The number of nitrogens with one attached hydrogen (secondary N) is 1. The Morgan fingerprint density at radius 3 is 2.70 bits per heavy atom. The van der Waals surface area contributed by atoms with Gasteiger partial charge in [-0.3, -0.25) is 4.79 Å². The summed E-state index contributed by atoms with van der Waals surface area (Å²) in [6.45, 7) is 4.48. The molecule has 0 saturated carbocycles. The molecule has 4 heteroatoms. The lowest BCUT2D eigenvalue weighted by molar-refractivity contribution is 0.0838. The van der Waals surface area contributed by atoms with Gasteiger partial charge in [-0.05, 0) is 43.5 Å². The maximum absolute atomic E-state index is 12.3. The molecule has 1 N–H and O–H groups in total. The van der Waals surface area contributed by atoms with E-state index in [1.807, 2.05) is 6.07 Å². The number of likely N-dealkylation sites (N-methyl/N-ethyl adjacent to an activating group) is 1. The Morgan fingerprint density at radius 2 is 1.90 bits per heavy atom. The summed E-state index contributed by atoms with van der Waals surface area (Å²) >= 11 is 0. The van der Waals surface area contributed by atoms with Crippen molar-refractivity contribution in [2.45, 2.75) is 19.3 Å². The number of nitrogens with zero attached hydrogens (tertiary/aromatic N) is 2. The zero-order chi connectivity index (χ0) is 13.9. The topological polar surface area (TPSA) is 35.6 Å². The van der Waals surface area contributed by atoms with Crippen molar-refractivity contribution in [3.8, 4) is 0 Å². The first-order valence-electron chi connectivity index (χ1n) is 7.54. The highest BCUT2D eigenvalue weighted by Gasteiger charge is 2.16. The van der Waals surface area contributed by atoms with E-state index in [4.69, 9.17) is 0 Å². The fraction of sp³-hybridized carbons (Fsp3) is 0.562. The van der Waals surface area contributed by atoms with Crippen LogP contribution in [0.4, 0.5) is 0 Å². The third-order valence-corrected chi connectivity index (χ3v) is 4.39. The standard InChI is InChI=1S/C16H23N3O/c1-18-7-9-19(10-8-18)17-12-16(20)15-6-5-13-3-2-4-14(13)11-15/h5-6,11,17H,2-4,7-10,12H2,1H3. The number of carbonyl (C=O) groups excluding carboxylic acids is 1. The van der Waals surface area contributed by atoms with Crippen LogP contribution in [-0.2, 0) is 12.8 Å². The summed E-state index contributed by atoms with van der Waals surface area (Å²) in [6, 6.07) is 6.21. The van der Waals surface area contributed by atoms with E-state index in [0.29, 0.717) is 6.54 Å². The van der Waals surface area contributed by atoms with E-state index in [2.05, 4.69) is 34.5 Å². The zero-order valence-corrected chi connectivity index (χ0v) is 12.2. The minimum absolute atomic E-state index is 0.193. The summed E-state index contributed by atoms with van der Waals surface area (Å²) in [6.07, 6.45) is 3.53. The van der Waals surface area contributed by atoms with Gasteiger partial charge in [0, 0.05) is 31.7 Å². The first-order valence-corrected chi connectivity index (χ1v) is 7.54. The first kappa shape index (κ1) is 13.7. The van der Waals surface area contributed by atoms with Crippen LogP contribution in [0.3, 0.4) is 0 Å². The van der Waals surface area contributed by atoms with E-state index in [9.17, 15) is 4.79 Å². The second kappa shape index (κ2) is 6.04. The lowest BCUT2D eigenvalue weighted by Gasteiger charge is -2.32. The van der Waals surface area contributed by atoms with Gasteiger partial charge in [-0.1, -0.05) is 12.1 Å². The number of Topliss-reactive ketones (excluding diaryl/α,β-unsaturated/α-hetero) is 1. The molecule has 108 valence electrons. The van der Waals surface area contributed by atoms with Crippen LogP contribution < -0.4 is 5.43 Å². The minimum Gasteiger partial charge on any atom is -0.304 e. The van der Waals surface area contributed by atoms with Crippen LogP contribution in [0.1, 0.15) is 27.9 Å². The summed E-state index contributed by atoms with van der Waals surface area (Å²) in [5, 5.41) is 2.16. The van der Waals surface area contributed by atoms with Crippen LogP contribution in [0.15, 0.2) is 18.2 Å². The van der Waals surface area contributed by atoms with Crippen molar-refractivity contribution in [3.63, 3.8) is 0 Å². The molecule has 0 spiro atoms. The number of hydrogen-bond acceptors (Lipinski definition) is 4. The van der Waals surface area contributed by atoms with E-state index < -0.39 is 0 Å². The molecule has 0 amide bonds. The molecule has 1 saturated heterocycles. The molecule has 3 rings (SSSR count). The van der Waals surface area contributed by atoms with Crippen molar-refractivity contribution < 1.29 is 4.79 Å². The highest BCUT2D eigenvalue weighted by atomic mass is 16.1. The van der Waals surface area contributed by atoms with Crippen molar-refractivity contribution >= 4 is 5.78 Å². The molecule has 1 aromatic carbocycles. The lowest BCUT2D eigenvalue weighted by atomic mass is 10.0. The molecule has 1 heterocycles. The van der Waals surface area contributed by atoms with Gasteiger partial charge in [-0.25, -0.2) is 10.4 Å². The summed E-state index contributed by atoms with van der Waals surface area (Å²) in [7, 11) is 2.13. The molecule has 1 aliphatic carbocycles. The maximum atomic E-state index is 12.3. The van der Waals surface area contributed by atoms with Gasteiger partial charge >= 0.3 is 0 Å². The highest BCUT2D eigenvalue weighted by Crippen LogP contribution is 2.22. The Morgan fingerprint density at radius 1 is 1.15 bits per heavy atom.